The van der Waals surface area contributed by atoms with E-state index in [1.165, 1.54) is 0 Å². The number of aromatic nitrogens is 1. The van der Waals surface area contributed by atoms with Crippen molar-refractivity contribution in [2.45, 2.75) is 12.6 Å². The van der Waals surface area contributed by atoms with Crippen LogP contribution in [0.1, 0.15) is 22.8 Å². The molecule has 6 nitrogen and oxygen atoms in total. The van der Waals surface area contributed by atoms with E-state index in [1.54, 1.807) is 26.4 Å². The van der Waals surface area contributed by atoms with Crippen LogP contribution >= 0.6 is 23.1 Å². The fourth-order valence-electron chi connectivity index (χ4n) is 2.80. The van der Waals surface area contributed by atoms with Gasteiger partial charge in [-0.25, -0.2) is 0 Å². The Labute approximate surface area is 142 Å². The summed E-state index contributed by atoms with van der Waals surface area (Å²) in [6, 6.07) is 5.65. The standard InChI is InChI=1S/C15H14ClN3O3S/c1-21-11-3-4-12(22-2)13-9(11)6-19(7-10(13)20)15-8(5-17)14(16)18-23-15/h3-4,10,20H,6-7H2,1-2H3/t10-/m0/s1. The Kier molecular flexibility index (Phi) is 4.31. The number of nitriles is 1. The van der Waals surface area contributed by atoms with Crippen LogP contribution in [0.5, 0.6) is 11.5 Å². The molecule has 0 saturated carbocycles. The van der Waals surface area contributed by atoms with Gasteiger partial charge in [0.1, 0.15) is 34.2 Å². The monoisotopic (exact) mass is 351 g/mol. The normalized spacial score (nSPS) is 16.7. The van der Waals surface area contributed by atoms with Crippen LogP contribution in [-0.2, 0) is 6.54 Å². The van der Waals surface area contributed by atoms with Crippen molar-refractivity contribution < 1.29 is 14.6 Å². The fourth-order valence-corrected chi connectivity index (χ4v) is 3.84. The van der Waals surface area contributed by atoms with Gasteiger partial charge in [-0.15, -0.1) is 0 Å². The zero-order valence-electron chi connectivity index (χ0n) is 12.5. The van der Waals surface area contributed by atoms with Gasteiger partial charge in [0.15, 0.2) is 5.15 Å². The van der Waals surface area contributed by atoms with Crippen molar-refractivity contribution in [1.82, 2.24) is 4.37 Å². The molecule has 0 saturated heterocycles. The highest BCUT2D eigenvalue weighted by molar-refractivity contribution is 7.10. The van der Waals surface area contributed by atoms with Crippen LogP contribution in [0.4, 0.5) is 5.00 Å². The van der Waals surface area contributed by atoms with Crippen LogP contribution in [0.3, 0.4) is 0 Å². The van der Waals surface area contributed by atoms with Gasteiger partial charge in [0.25, 0.3) is 0 Å². The van der Waals surface area contributed by atoms with Crippen LogP contribution in [0, 0.1) is 11.3 Å². The molecule has 1 aliphatic heterocycles. The summed E-state index contributed by atoms with van der Waals surface area (Å²) in [4.78, 5) is 1.89. The van der Waals surface area contributed by atoms with Crippen LogP contribution in [0.15, 0.2) is 12.1 Å². The molecule has 1 N–H and O–H groups in total. The Bertz CT molecular complexity index is 787. The maximum absolute atomic E-state index is 10.6. The number of nitrogens with zero attached hydrogens (tertiary/aromatic N) is 3. The number of anilines is 1. The number of aliphatic hydroxyl groups excluding tert-OH is 1. The summed E-state index contributed by atoms with van der Waals surface area (Å²) in [5, 5.41) is 20.7. The summed E-state index contributed by atoms with van der Waals surface area (Å²) in [6.45, 7) is 0.795. The first-order valence-electron chi connectivity index (χ1n) is 6.82. The molecule has 1 aliphatic rings. The molecule has 2 heterocycles. The van der Waals surface area contributed by atoms with Crippen molar-refractivity contribution in [3.8, 4) is 17.6 Å². The summed E-state index contributed by atoms with van der Waals surface area (Å²) in [5.41, 5.74) is 1.88. The highest BCUT2D eigenvalue weighted by Gasteiger charge is 2.32. The van der Waals surface area contributed by atoms with Crippen molar-refractivity contribution in [2.24, 2.45) is 0 Å². The minimum atomic E-state index is -0.767. The van der Waals surface area contributed by atoms with Gasteiger partial charge in [-0.1, -0.05) is 11.6 Å². The molecule has 1 aromatic heterocycles. The van der Waals surface area contributed by atoms with E-state index in [1.807, 2.05) is 4.90 Å². The molecule has 23 heavy (non-hydrogen) atoms. The quantitative estimate of drug-likeness (QED) is 0.916. The van der Waals surface area contributed by atoms with Crippen molar-refractivity contribution in [3.05, 3.63) is 34.0 Å². The van der Waals surface area contributed by atoms with Crippen LogP contribution < -0.4 is 14.4 Å². The number of β-amino-alcohol motifs (C(OH)–C–C–N with tert-alkyl or cyclic N) is 1. The largest absolute Gasteiger partial charge is 0.496 e. The van der Waals surface area contributed by atoms with E-state index < -0.39 is 6.10 Å². The summed E-state index contributed by atoms with van der Waals surface area (Å²) in [6.07, 6.45) is -0.767. The maximum Gasteiger partial charge on any atom is 0.162 e. The molecule has 0 radical (unpaired) electrons. The van der Waals surface area contributed by atoms with Gasteiger partial charge in [0.2, 0.25) is 0 Å². The number of fused-ring (bicyclic) bond motifs is 1. The van der Waals surface area contributed by atoms with Gasteiger partial charge in [-0.05, 0) is 23.7 Å². The Morgan fingerprint density at radius 1 is 1.39 bits per heavy atom. The second-order valence-electron chi connectivity index (χ2n) is 5.02. The molecule has 1 atom stereocenters. The fraction of sp³-hybridized carbons (Fsp3) is 0.333. The van der Waals surface area contributed by atoms with Crippen molar-refractivity contribution >= 4 is 28.1 Å². The molecule has 3 rings (SSSR count). The molecule has 2 aromatic rings. The zero-order valence-corrected chi connectivity index (χ0v) is 14.1. The smallest absolute Gasteiger partial charge is 0.162 e. The second kappa shape index (κ2) is 6.24. The van der Waals surface area contributed by atoms with Crippen molar-refractivity contribution in [1.29, 1.82) is 5.26 Å². The lowest BCUT2D eigenvalue weighted by Gasteiger charge is -2.34. The minimum absolute atomic E-state index is 0.186. The number of aliphatic hydroxyl groups is 1. The molecule has 0 amide bonds. The van der Waals surface area contributed by atoms with Crippen LogP contribution in [0.25, 0.3) is 0 Å². The van der Waals surface area contributed by atoms with E-state index in [2.05, 4.69) is 10.4 Å². The van der Waals surface area contributed by atoms with Gasteiger partial charge in [0.05, 0.1) is 14.2 Å². The van der Waals surface area contributed by atoms with E-state index in [-0.39, 0.29) is 5.15 Å². The first-order valence-corrected chi connectivity index (χ1v) is 7.97. The average molecular weight is 352 g/mol. The van der Waals surface area contributed by atoms with Gasteiger partial charge >= 0.3 is 0 Å². The first kappa shape index (κ1) is 15.9. The van der Waals surface area contributed by atoms with E-state index in [4.69, 9.17) is 21.1 Å². The van der Waals surface area contributed by atoms with Gasteiger partial charge < -0.3 is 19.5 Å². The SMILES string of the molecule is COc1ccc(OC)c2c1CN(c1snc(Cl)c1C#N)C[C@@H]2O. The van der Waals surface area contributed by atoms with Crippen LogP contribution in [-0.4, -0.2) is 30.2 Å². The molecule has 0 aliphatic carbocycles. The molecule has 8 heteroatoms. The molecular weight excluding hydrogens is 338 g/mol. The molecule has 0 unspecified atom stereocenters. The lowest BCUT2D eigenvalue weighted by atomic mass is 9.95. The van der Waals surface area contributed by atoms with Gasteiger partial charge in [-0.3, -0.25) is 0 Å². The number of hydrogen-bond donors (Lipinski definition) is 1. The second-order valence-corrected chi connectivity index (χ2v) is 6.13. The Morgan fingerprint density at radius 3 is 2.74 bits per heavy atom. The predicted octanol–water partition coefficient (Wildman–Crippen LogP) is 2.74. The third-order valence-corrected chi connectivity index (χ3v) is 5.10. The topological polar surface area (TPSA) is 78.6 Å². The molecule has 1 aromatic carbocycles. The highest BCUT2D eigenvalue weighted by atomic mass is 35.5. The first-order chi connectivity index (χ1) is 11.1. The summed E-state index contributed by atoms with van der Waals surface area (Å²) in [5.74, 6) is 1.29. The van der Waals surface area contributed by atoms with E-state index in [0.717, 1.165) is 22.7 Å². The molecule has 120 valence electrons. The van der Waals surface area contributed by atoms with Crippen molar-refractivity contribution in [2.75, 3.05) is 25.7 Å². The number of ether oxygens (including phenoxy) is 2. The number of hydrogen-bond acceptors (Lipinski definition) is 7. The third-order valence-electron chi connectivity index (χ3n) is 3.82. The predicted molar refractivity (Wildman–Crippen MR) is 87.4 cm³/mol. The van der Waals surface area contributed by atoms with Crippen LogP contribution in [0.2, 0.25) is 5.15 Å². The minimum Gasteiger partial charge on any atom is -0.496 e. The maximum atomic E-state index is 10.6. The third kappa shape index (κ3) is 2.59. The van der Waals surface area contributed by atoms with E-state index in [0.29, 0.717) is 35.2 Å². The number of benzene rings is 1. The molecule has 0 spiro atoms. The lowest BCUT2D eigenvalue weighted by molar-refractivity contribution is 0.170. The molecule has 0 fully saturated rings. The Balaban J connectivity index is 2.08. The summed E-state index contributed by atoms with van der Waals surface area (Å²) < 4.78 is 14.8. The summed E-state index contributed by atoms with van der Waals surface area (Å²) in [7, 11) is 3.15. The molecule has 0 bridgehead atoms. The lowest BCUT2D eigenvalue weighted by Crippen LogP contribution is -2.34. The number of rotatable bonds is 3. The average Bonchev–Trinajstić information content (AvgIpc) is 2.94. The Hall–Kier alpha value is -2.01. The zero-order chi connectivity index (χ0) is 16.6. The van der Waals surface area contributed by atoms with Gasteiger partial charge in [-0.2, -0.15) is 9.64 Å². The van der Waals surface area contributed by atoms with E-state index in [9.17, 15) is 10.4 Å². The van der Waals surface area contributed by atoms with Gasteiger partial charge in [0, 0.05) is 24.2 Å². The Morgan fingerprint density at radius 2 is 2.09 bits per heavy atom. The number of halogens is 1. The summed E-state index contributed by atoms with van der Waals surface area (Å²) >= 11 is 7.10. The van der Waals surface area contributed by atoms with Crippen molar-refractivity contribution in [3.63, 3.8) is 0 Å². The highest BCUT2D eigenvalue weighted by Crippen LogP contribution is 2.42. The van der Waals surface area contributed by atoms with E-state index >= 15 is 0 Å². The molecular formula is C15H14ClN3O3S. The number of methoxy groups -OCH3 is 2.